The van der Waals surface area contributed by atoms with Crippen LogP contribution in [-0.4, -0.2) is 68.5 Å². The molecule has 146 valence electrons. The molecule has 6 heteroatoms. The Labute approximate surface area is 158 Å². The lowest BCUT2D eigenvalue weighted by molar-refractivity contribution is -0.128. The van der Waals surface area contributed by atoms with E-state index in [4.69, 9.17) is 4.99 Å². The zero-order chi connectivity index (χ0) is 19.4. The van der Waals surface area contributed by atoms with Crippen molar-refractivity contribution in [1.29, 1.82) is 0 Å². The van der Waals surface area contributed by atoms with Crippen LogP contribution < -0.4 is 10.6 Å². The van der Waals surface area contributed by atoms with Crippen LogP contribution in [0.4, 0.5) is 0 Å². The van der Waals surface area contributed by atoms with Gasteiger partial charge in [-0.2, -0.15) is 0 Å². The molecule has 0 saturated heterocycles. The Kier molecular flexibility index (Phi) is 10.4. The average Bonchev–Trinajstić information content (AvgIpc) is 2.65. The van der Waals surface area contributed by atoms with Crippen molar-refractivity contribution in [2.75, 3.05) is 46.8 Å². The fraction of sp³-hybridized carbons (Fsp3) is 0.600. The molecule has 1 unspecified atom stereocenters. The predicted octanol–water partition coefficient (Wildman–Crippen LogP) is 2.10. The number of guanidine groups is 1. The maximum absolute atomic E-state index is 11.7. The number of amides is 1. The number of nitrogens with zero attached hydrogens (tertiary/aromatic N) is 3. The van der Waals surface area contributed by atoms with Crippen molar-refractivity contribution in [3.05, 3.63) is 35.9 Å². The molecule has 0 heterocycles. The van der Waals surface area contributed by atoms with Gasteiger partial charge in [0.05, 0.1) is 12.6 Å². The van der Waals surface area contributed by atoms with E-state index >= 15 is 0 Å². The Morgan fingerprint density at radius 3 is 2.27 bits per heavy atom. The number of carbonyl (C=O) groups excluding carboxylic acids is 1. The summed E-state index contributed by atoms with van der Waals surface area (Å²) in [5.41, 5.74) is 1.28. The third-order valence-electron chi connectivity index (χ3n) is 4.33. The van der Waals surface area contributed by atoms with Gasteiger partial charge in [-0.1, -0.05) is 44.2 Å². The highest BCUT2D eigenvalue weighted by atomic mass is 16.2. The minimum Gasteiger partial charge on any atom is -0.357 e. The Morgan fingerprint density at radius 1 is 1.08 bits per heavy atom. The molecule has 0 aromatic heterocycles. The summed E-state index contributed by atoms with van der Waals surface area (Å²) in [6.45, 7) is 10.4. The number of aliphatic imine (C=N–C) groups is 1. The topological polar surface area (TPSA) is 60.0 Å². The predicted molar refractivity (Wildman–Crippen MR) is 109 cm³/mol. The zero-order valence-electron chi connectivity index (χ0n) is 17.0. The molecular weight excluding hydrogens is 326 g/mol. The highest BCUT2D eigenvalue weighted by Gasteiger charge is 2.17. The summed E-state index contributed by atoms with van der Waals surface area (Å²) in [6, 6.07) is 10.8. The van der Waals surface area contributed by atoms with E-state index in [0.717, 1.165) is 25.6 Å². The Morgan fingerprint density at radius 2 is 1.73 bits per heavy atom. The first-order valence-corrected chi connectivity index (χ1v) is 9.54. The van der Waals surface area contributed by atoms with Crippen LogP contribution >= 0.6 is 0 Å². The van der Waals surface area contributed by atoms with E-state index in [0.29, 0.717) is 19.5 Å². The van der Waals surface area contributed by atoms with Crippen LogP contribution in [0.1, 0.15) is 38.8 Å². The zero-order valence-corrected chi connectivity index (χ0v) is 17.0. The van der Waals surface area contributed by atoms with Gasteiger partial charge in [-0.3, -0.25) is 14.7 Å². The van der Waals surface area contributed by atoms with Crippen molar-refractivity contribution in [3.63, 3.8) is 0 Å². The van der Waals surface area contributed by atoms with Gasteiger partial charge in [-0.05, 0) is 25.6 Å². The van der Waals surface area contributed by atoms with Gasteiger partial charge in [-0.25, -0.2) is 0 Å². The van der Waals surface area contributed by atoms with Gasteiger partial charge < -0.3 is 15.5 Å². The van der Waals surface area contributed by atoms with E-state index in [1.54, 1.807) is 19.0 Å². The lowest BCUT2D eigenvalue weighted by Gasteiger charge is -2.29. The number of carbonyl (C=O) groups is 1. The Bertz CT molecular complexity index is 540. The molecule has 0 bridgehead atoms. The smallest absolute Gasteiger partial charge is 0.223 e. The molecule has 0 saturated carbocycles. The summed E-state index contributed by atoms with van der Waals surface area (Å²) >= 11 is 0. The van der Waals surface area contributed by atoms with Crippen LogP contribution in [0.25, 0.3) is 0 Å². The second-order valence-electron chi connectivity index (χ2n) is 6.33. The maximum atomic E-state index is 11.7. The summed E-state index contributed by atoms with van der Waals surface area (Å²) in [5.74, 6) is 0.866. The molecule has 1 aromatic rings. The molecule has 0 aliphatic carbocycles. The van der Waals surface area contributed by atoms with E-state index < -0.39 is 0 Å². The van der Waals surface area contributed by atoms with Crippen molar-refractivity contribution in [1.82, 2.24) is 20.4 Å². The standard InChI is InChI=1S/C20H35N5O/c1-6-21-20(22-15-14-19(26)24(4)5)23-16-18(25(7-2)8-3)17-12-10-9-11-13-17/h9-13,18H,6-8,14-16H2,1-5H3,(H2,21,22,23). The molecule has 0 radical (unpaired) electrons. The molecule has 1 aromatic carbocycles. The van der Waals surface area contributed by atoms with Gasteiger partial charge in [-0.15, -0.1) is 0 Å². The highest BCUT2D eigenvalue weighted by molar-refractivity contribution is 5.81. The van der Waals surface area contributed by atoms with Gasteiger partial charge >= 0.3 is 0 Å². The lowest BCUT2D eigenvalue weighted by Crippen LogP contribution is -2.40. The molecule has 6 nitrogen and oxygen atoms in total. The van der Waals surface area contributed by atoms with Crippen molar-refractivity contribution >= 4 is 11.9 Å². The fourth-order valence-corrected chi connectivity index (χ4v) is 2.80. The minimum atomic E-state index is 0.110. The van der Waals surface area contributed by atoms with Crippen molar-refractivity contribution in [2.45, 2.75) is 33.2 Å². The molecule has 0 aliphatic rings. The SMILES string of the molecule is CCNC(=NCC(c1ccccc1)N(CC)CC)NCCC(=O)N(C)C. The van der Waals surface area contributed by atoms with E-state index in [9.17, 15) is 4.79 Å². The minimum absolute atomic E-state index is 0.110. The third-order valence-corrected chi connectivity index (χ3v) is 4.33. The fourth-order valence-electron chi connectivity index (χ4n) is 2.80. The average molecular weight is 362 g/mol. The molecule has 0 aliphatic heterocycles. The molecule has 2 N–H and O–H groups in total. The van der Waals surface area contributed by atoms with Crippen molar-refractivity contribution in [3.8, 4) is 0 Å². The maximum Gasteiger partial charge on any atom is 0.223 e. The molecular formula is C20H35N5O. The summed E-state index contributed by atoms with van der Waals surface area (Å²) in [4.78, 5) is 20.5. The van der Waals surface area contributed by atoms with E-state index in [1.807, 2.05) is 13.0 Å². The van der Waals surface area contributed by atoms with Crippen molar-refractivity contribution in [2.24, 2.45) is 4.99 Å². The van der Waals surface area contributed by atoms with Crippen LogP contribution in [-0.2, 0) is 4.79 Å². The molecule has 1 atom stereocenters. The second kappa shape index (κ2) is 12.3. The van der Waals surface area contributed by atoms with E-state index in [1.165, 1.54) is 5.56 Å². The number of rotatable bonds is 10. The first-order valence-electron chi connectivity index (χ1n) is 9.54. The Hall–Kier alpha value is -2.08. The van der Waals surface area contributed by atoms with Crippen LogP contribution in [0.2, 0.25) is 0 Å². The highest BCUT2D eigenvalue weighted by Crippen LogP contribution is 2.20. The third kappa shape index (κ3) is 7.44. The quantitative estimate of drug-likeness (QED) is 0.495. The number of likely N-dealkylation sites (N-methyl/N-ethyl adjacent to an activating group) is 1. The van der Waals surface area contributed by atoms with Crippen LogP contribution in [0.3, 0.4) is 0 Å². The Balaban J connectivity index is 2.79. The molecule has 0 spiro atoms. The van der Waals surface area contributed by atoms with Gasteiger partial charge in [0.1, 0.15) is 0 Å². The summed E-state index contributed by atoms with van der Waals surface area (Å²) in [5, 5.41) is 6.52. The van der Waals surface area contributed by atoms with Crippen molar-refractivity contribution < 1.29 is 4.79 Å². The molecule has 1 amide bonds. The normalized spacial score (nSPS) is 12.8. The summed E-state index contributed by atoms with van der Waals surface area (Å²) < 4.78 is 0. The first kappa shape index (κ1) is 22.0. The number of hydrogen-bond donors (Lipinski definition) is 2. The second-order valence-corrected chi connectivity index (χ2v) is 6.33. The van der Waals surface area contributed by atoms with E-state index in [2.05, 4.69) is 53.6 Å². The largest absolute Gasteiger partial charge is 0.357 e. The van der Waals surface area contributed by atoms with Gasteiger partial charge in [0.2, 0.25) is 5.91 Å². The van der Waals surface area contributed by atoms with Crippen LogP contribution in [0.5, 0.6) is 0 Å². The molecule has 1 rings (SSSR count). The molecule has 26 heavy (non-hydrogen) atoms. The van der Waals surface area contributed by atoms with E-state index in [-0.39, 0.29) is 11.9 Å². The van der Waals surface area contributed by atoms with Gasteiger partial charge in [0.15, 0.2) is 5.96 Å². The number of hydrogen-bond acceptors (Lipinski definition) is 3. The lowest BCUT2D eigenvalue weighted by atomic mass is 10.1. The van der Waals surface area contributed by atoms with Gasteiger partial charge in [0.25, 0.3) is 0 Å². The summed E-state index contributed by atoms with van der Waals surface area (Å²) in [6.07, 6.45) is 0.454. The summed E-state index contributed by atoms with van der Waals surface area (Å²) in [7, 11) is 3.55. The van der Waals surface area contributed by atoms with Gasteiger partial charge in [0, 0.05) is 33.6 Å². The van der Waals surface area contributed by atoms with Crippen LogP contribution in [0.15, 0.2) is 35.3 Å². The monoisotopic (exact) mass is 361 g/mol. The molecule has 0 fully saturated rings. The number of nitrogens with one attached hydrogen (secondary N) is 2. The number of benzene rings is 1. The van der Waals surface area contributed by atoms with Crippen LogP contribution in [0, 0.1) is 0 Å². The first-order chi connectivity index (χ1) is 12.5.